The van der Waals surface area contributed by atoms with Gasteiger partial charge < -0.3 is 29.6 Å². The second kappa shape index (κ2) is 14.0. The summed E-state index contributed by atoms with van der Waals surface area (Å²) in [6, 6.07) is 24.9. The molecule has 0 aliphatic rings. The fourth-order valence-electron chi connectivity index (χ4n) is 4.51. The van der Waals surface area contributed by atoms with Crippen molar-refractivity contribution in [2.75, 3.05) is 45.8 Å². The van der Waals surface area contributed by atoms with Gasteiger partial charge in [-0.15, -0.1) is 0 Å². The number of carbonyl (C=O) groups excluding carboxylic acids is 2. The van der Waals surface area contributed by atoms with Gasteiger partial charge in [-0.25, -0.2) is 4.79 Å². The third kappa shape index (κ3) is 7.85. The molecule has 0 fully saturated rings. The van der Waals surface area contributed by atoms with Gasteiger partial charge in [-0.05, 0) is 42.2 Å². The Morgan fingerprint density at radius 3 is 2.49 bits per heavy atom. The maximum Gasteiger partial charge on any atom is 0.322 e. The normalized spacial score (nSPS) is 10.8. The number of nitrogens with zero attached hydrogens (tertiary/aromatic N) is 2. The molecule has 8 heteroatoms. The van der Waals surface area contributed by atoms with Gasteiger partial charge in [-0.3, -0.25) is 4.79 Å². The van der Waals surface area contributed by atoms with Gasteiger partial charge in [0.2, 0.25) is 5.91 Å². The smallest absolute Gasteiger partial charge is 0.322 e. The van der Waals surface area contributed by atoms with Gasteiger partial charge in [0.25, 0.3) is 0 Å². The summed E-state index contributed by atoms with van der Waals surface area (Å²) in [5.74, 6) is 0.526. The zero-order chi connectivity index (χ0) is 27.5. The number of hydrogen-bond donors (Lipinski definition) is 2. The van der Waals surface area contributed by atoms with Gasteiger partial charge in [-0.2, -0.15) is 0 Å². The van der Waals surface area contributed by atoms with Gasteiger partial charge in [-0.1, -0.05) is 54.6 Å². The Labute approximate surface area is 229 Å². The molecule has 2 N–H and O–H groups in total. The first-order chi connectivity index (χ1) is 19.1. The van der Waals surface area contributed by atoms with Crippen LogP contribution in [0.5, 0.6) is 5.75 Å². The molecule has 0 atom stereocenters. The van der Waals surface area contributed by atoms with Gasteiger partial charge in [0.15, 0.2) is 0 Å². The first kappa shape index (κ1) is 27.7. The molecule has 3 aromatic carbocycles. The number of hydrogen-bond acceptors (Lipinski definition) is 4. The molecule has 0 bridgehead atoms. The van der Waals surface area contributed by atoms with Crippen LogP contribution in [-0.2, 0) is 22.5 Å². The Morgan fingerprint density at radius 1 is 0.897 bits per heavy atom. The number of nitrogens with one attached hydrogen (secondary N) is 2. The summed E-state index contributed by atoms with van der Waals surface area (Å²) in [5.41, 5.74) is 3.87. The maximum absolute atomic E-state index is 13.7. The second-order valence-electron chi connectivity index (χ2n) is 9.34. The summed E-state index contributed by atoms with van der Waals surface area (Å²) >= 11 is 0. The van der Waals surface area contributed by atoms with Crippen LogP contribution in [0.4, 0.5) is 10.5 Å². The Kier molecular flexibility index (Phi) is 9.97. The molecule has 0 saturated carbocycles. The largest absolute Gasteiger partial charge is 0.497 e. The average molecular weight is 529 g/mol. The topological polar surface area (TPSA) is 86.9 Å². The minimum atomic E-state index is -0.344. The summed E-state index contributed by atoms with van der Waals surface area (Å²) in [5, 5.41) is 4.06. The number of aromatic nitrogens is 1. The molecule has 1 aromatic heterocycles. The van der Waals surface area contributed by atoms with Crippen molar-refractivity contribution in [3.8, 4) is 5.75 Å². The number of fused-ring (bicyclic) bond motifs is 1. The highest BCUT2D eigenvalue weighted by atomic mass is 16.5. The molecule has 0 radical (unpaired) electrons. The van der Waals surface area contributed by atoms with Crippen molar-refractivity contribution in [3.63, 3.8) is 0 Å². The summed E-state index contributed by atoms with van der Waals surface area (Å²) in [7, 11) is 3.20. The predicted molar refractivity (Wildman–Crippen MR) is 154 cm³/mol. The number of aromatic amines is 1. The molecule has 204 valence electrons. The van der Waals surface area contributed by atoms with E-state index in [0.717, 1.165) is 22.0 Å². The van der Waals surface area contributed by atoms with E-state index in [1.165, 1.54) is 0 Å². The average Bonchev–Trinajstić information content (AvgIpc) is 3.38. The minimum absolute atomic E-state index is 0.0414. The minimum Gasteiger partial charge on any atom is -0.497 e. The molecule has 0 unspecified atom stereocenters. The van der Waals surface area contributed by atoms with Crippen LogP contribution in [0.15, 0.2) is 85.1 Å². The van der Waals surface area contributed by atoms with Gasteiger partial charge in [0.05, 0.1) is 7.11 Å². The second-order valence-corrected chi connectivity index (χ2v) is 9.34. The monoisotopic (exact) mass is 528 g/mol. The van der Waals surface area contributed by atoms with Crippen LogP contribution >= 0.6 is 0 Å². The fraction of sp³-hybridized carbons (Fsp3) is 0.290. The van der Waals surface area contributed by atoms with Crippen LogP contribution in [0.25, 0.3) is 10.9 Å². The summed E-state index contributed by atoms with van der Waals surface area (Å²) < 4.78 is 10.5. The molecule has 4 aromatic rings. The number of carbonyl (C=O) groups is 2. The number of benzene rings is 3. The molecule has 8 nitrogen and oxygen atoms in total. The molecule has 4 rings (SSSR count). The van der Waals surface area contributed by atoms with E-state index in [2.05, 4.69) is 16.4 Å². The molecular formula is C31H36N4O4. The van der Waals surface area contributed by atoms with E-state index in [0.29, 0.717) is 50.5 Å². The van der Waals surface area contributed by atoms with Crippen LogP contribution in [0, 0.1) is 0 Å². The first-order valence-corrected chi connectivity index (χ1v) is 13.1. The summed E-state index contributed by atoms with van der Waals surface area (Å²) in [4.78, 5) is 33.7. The van der Waals surface area contributed by atoms with E-state index in [-0.39, 0.29) is 18.5 Å². The first-order valence-electron chi connectivity index (χ1n) is 13.1. The molecule has 0 aliphatic heterocycles. The Balaban J connectivity index is 1.49. The van der Waals surface area contributed by atoms with E-state index in [9.17, 15) is 9.59 Å². The SMILES string of the molecule is COCCCN(CC(=O)N(CCc1c[nH]c2ccccc12)Cc1ccccc1)C(=O)Nc1cccc(OC)c1. The van der Waals surface area contributed by atoms with E-state index in [4.69, 9.17) is 9.47 Å². The number of H-pyrrole nitrogens is 1. The third-order valence-corrected chi connectivity index (χ3v) is 6.61. The Bertz CT molecular complexity index is 1350. The highest BCUT2D eigenvalue weighted by Crippen LogP contribution is 2.20. The number of urea groups is 1. The molecule has 0 saturated heterocycles. The van der Waals surface area contributed by atoms with Gasteiger partial charge in [0.1, 0.15) is 12.3 Å². The number of ether oxygens (including phenoxy) is 2. The van der Waals surface area contributed by atoms with Crippen LogP contribution < -0.4 is 10.1 Å². The standard InChI is InChI=1S/C31H36N4O4/c1-38-19-9-17-35(31(37)33-26-12-8-13-27(20-26)39-2)23-30(36)34(22-24-10-4-3-5-11-24)18-16-25-21-32-29-15-7-6-14-28(25)29/h3-8,10-15,20-21,32H,9,16-19,22-23H2,1-2H3,(H,33,37). The Hall–Kier alpha value is -4.30. The van der Waals surface area contributed by atoms with Crippen LogP contribution in [-0.4, -0.2) is 67.2 Å². The molecule has 1 heterocycles. The number of para-hydroxylation sites is 1. The molecule has 3 amide bonds. The van der Waals surface area contributed by atoms with Crippen molar-refractivity contribution < 1.29 is 19.1 Å². The van der Waals surface area contributed by atoms with Crippen molar-refractivity contribution in [1.82, 2.24) is 14.8 Å². The molecule has 0 spiro atoms. The quantitative estimate of drug-likeness (QED) is 0.230. The lowest BCUT2D eigenvalue weighted by Crippen LogP contribution is -2.45. The van der Waals surface area contributed by atoms with E-state index in [1.807, 2.05) is 65.7 Å². The van der Waals surface area contributed by atoms with Gasteiger partial charge in [0, 0.05) is 62.2 Å². The Morgan fingerprint density at radius 2 is 1.69 bits per heavy atom. The zero-order valence-corrected chi connectivity index (χ0v) is 22.6. The van der Waals surface area contributed by atoms with Crippen LogP contribution in [0.1, 0.15) is 17.5 Å². The number of anilines is 1. The van der Waals surface area contributed by atoms with E-state index >= 15 is 0 Å². The predicted octanol–water partition coefficient (Wildman–Crippen LogP) is 5.32. The summed E-state index contributed by atoms with van der Waals surface area (Å²) in [6.07, 6.45) is 3.32. The van der Waals surface area contributed by atoms with Crippen molar-refractivity contribution in [1.29, 1.82) is 0 Å². The highest BCUT2D eigenvalue weighted by Gasteiger charge is 2.22. The lowest BCUT2D eigenvalue weighted by atomic mass is 10.1. The van der Waals surface area contributed by atoms with E-state index in [1.54, 1.807) is 37.3 Å². The fourth-order valence-corrected chi connectivity index (χ4v) is 4.51. The highest BCUT2D eigenvalue weighted by molar-refractivity contribution is 5.92. The number of rotatable bonds is 13. The third-order valence-electron chi connectivity index (χ3n) is 6.61. The van der Waals surface area contributed by atoms with Crippen molar-refractivity contribution in [2.45, 2.75) is 19.4 Å². The lowest BCUT2D eigenvalue weighted by Gasteiger charge is -2.28. The van der Waals surface area contributed by atoms with Crippen LogP contribution in [0.2, 0.25) is 0 Å². The number of amides is 3. The van der Waals surface area contributed by atoms with E-state index < -0.39 is 0 Å². The molecule has 39 heavy (non-hydrogen) atoms. The summed E-state index contributed by atoms with van der Waals surface area (Å²) in [6.45, 7) is 1.83. The van der Waals surface area contributed by atoms with Crippen LogP contribution in [0.3, 0.4) is 0 Å². The molecular weight excluding hydrogens is 492 g/mol. The van der Waals surface area contributed by atoms with Crippen molar-refractivity contribution in [3.05, 3.63) is 96.2 Å². The maximum atomic E-state index is 13.7. The van der Waals surface area contributed by atoms with Gasteiger partial charge >= 0.3 is 6.03 Å². The lowest BCUT2D eigenvalue weighted by molar-refractivity contribution is -0.132. The van der Waals surface area contributed by atoms with Crippen molar-refractivity contribution in [2.24, 2.45) is 0 Å². The number of methoxy groups -OCH3 is 2. The zero-order valence-electron chi connectivity index (χ0n) is 22.6. The van der Waals surface area contributed by atoms with Crippen molar-refractivity contribution >= 4 is 28.5 Å². The molecule has 0 aliphatic carbocycles.